The summed E-state index contributed by atoms with van der Waals surface area (Å²) in [4.78, 5) is 12.3. The van der Waals surface area contributed by atoms with Crippen LogP contribution in [-0.2, 0) is 4.79 Å². The zero-order valence-corrected chi connectivity index (χ0v) is 10.5. The molecule has 0 aliphatic carbocycles. The van der Waals surface area contributed by atoms with Gasteiger partial charge in [0.05, 0.1) is 5.94 Å². The van der Waals surface area contributed by atoms with E-state index in [9.17, 15) is 31.1 Å². The first-order chi connectivity index (χ1) is 9.37. The largest absolute Gasteiger partial charge is 0.475 e. The molecule has 122 valence electrons. The molecular weight excluding hydrogens is 309 g/mol. The van der Waals surface area contributed by atoms with Crippen molar-refractivity contribution in [3.05, 3.63) is 0 Å². The van der Waals surface area contributed by atoms with E-state index in [0.29, 0.717) is 4.90 Å². The molecule has 1 aliphatic heterocycles. The van der Waals surface area contributed by atoms with E-state index in [1.165, 1.54) is 0 Å². The van der Waals surface area contributed by atoms with Crippen molar-refractivity contribution in [2.24, 2.45) is 11.7 Å². The van der Waals surface area contributed by atoms with Crippen molar-refractivity contribution in [2.75, 3.05) is 6.54 Å². The average Bonchev–Trinajstić information content (AvgIpc) is 2.72. The zero-order valence-electron chi connectivity index (χ0n) is 10.5. The average molecular weight is 322 g/mol. The van der Waals surface area contributed by atoms with E-state index < -0.39 is 43.3 Å². The number of nitrogens with zero attached hydrogens (tertiary/aromatic N) is 1. The van der Waals surface area contributed by atoms with Crippen molar-refractivity contribution in [1.82, 2.24) is 4.90 Å². The summed E-state index contributed by atoms with van der Waals surface area (Å²) >= 11 is 0. The Morgan fingerprint density at radius 2 is 1.67 bits per heavy atom. The lowest BCUT2D eigenvalue weighted by Gasteiger charge is -2.32. The number of alkyl halides is 6. The van der Waals surface area contributed by atoms with Crippen LogP contribution in [0.25, 0.3) is 0 Å². The molecule has 0 saturated carbocycles. The van der Waals surface area contributed by atoms with Gasteiger partial charge in [-0.1, -0.05) is 0 Å². The Hall–Kier alpha value is -1.01. The van der Waals surface area contributed by atoms with Crippen molar-refractivity contribution in [3.63, 3.8) is 0 Å². The molecule has 0 radical (unpaired) electrons. The van der Waals surface area contributed by atoms with E-state index in [1.54, 1.807) is 0 Å². The van der Waals surface area contributed by atoms with Gasteiger partial charge in [-0.25, -0.2) is 0 Å². The molecule has 1 saturated heterocycles. The molecule has 0 aromatic heterocycles. The van der Waals surface area contributed by atoms with Crippen molar-refractivity contribution in [3.8, 4) is 0 Å². The molecule has 0 aromatic rings. The Morgan fingerprint density at radius 1 is 1.19 bits per heavy atom. The fourth-order valence-electron chi connectivity index (χ4n) is 2.30. The molecule has 12 heteroatoms. The van der Waals surface area contributed by atoms with Gasteiger partial charge in [-0.15, -0.1) is 0 Å². The highest BCUT2D eigenvalue weighted by molar-refractivity contribution is 6.43. The van der Waals surface area contributed by atoms with Gasteiger partial charge >= 0.3 is 19.5 Å². The highest BCUT2D eigenvalue weighted by Gasteiger charge is 2.62. The summed E-state index contributed by atoms with van der Waals surface area (Å²) in [6.45, 7) is -0.183. The molecule has 0 unspecified atom stereocenters. The van der Waals surface area contributed by atoms with Crippen LogP contribution < -0.4 is 5.73 Å². The lowest BCUT2D eigenvalue weighted by Crippen LogP contribution is -2.59. The Kier molecular flexibility index (Phi) is 5.16. The zero-order chi connectivity index (χ0) is 16.6. The van der Waals surface area contributed by atoms with Gasteiger partial charge in [0.15, 0.2) is 5.92 Å². The number of carbonyl (C=O) groups excluding carboxylic acids is 1. The molecule has 21 heavy (non-hydrogen) atoms. The highest BCUT2D eigenvalue weighted by Crippen LogP contribution is 2.41. The summed E-state index contributed by atoms with van der Waals surface area (Å²) in [5.74, 6) is -6.87. The van der Waals surface area contributed by atoms with Gasteiger partial charge in [-0.3, -0.25) is 4.79 Å². The number of carbonyl (C=O) groups is 1. The molecule has 1 aliphatic rings. The van der Waals surface area contributed by atoms with Gasteiger partial charge in [0.1, 0.15) is 6.04 Å². The molecule has 5 nitrogen and oxygen atoms in total. The summed E-state index contributed by atoms with van der Waals surface area (Å²) in [7, 11) is -2.06. The van der Waals surface area contributed by atoms with Crippen LogP contribution in [0.15, 0.2) is 0 Å². The molecule has 1 heterocycles. The first-order valence-corrected chi connectivity index (χ1v) is 5.93. The topological polar surface area (TPSA) is 86.8 Å². The third kappa shape index (κ3) is 4.01. The molecule has 1 rings (SSSR count). The van der Waals surface area contributed by atoms with Crippen LogP contribution in [0.2, 0.25) is 0 Å². The first-order valence-electron chi connectivity index (χ1n) is 5.93. The second kappa shape index (κ2) is 6.01. The lowest BCUT2D eigenvalue weighted by atomic mass is 9.77. The van der Waals surface area contributed by atoms with Crippen LogP contribution in [0.3, 0.4) is 0 Å². The first kappa shape index (κ1) is 18.0. The quantitative estimate of drug-likeness (QED) is 0.506. The third-order valence-electron chi connectivity index (χ3n) is 3.28. The van der Waals surface area contributed by atoms with Crippen molar-refractivity contribution in [2.45, 2.75) is 37.2 Å². The normalized spacial score (nSPS) is 21.8. The summed E-state index contributed by atoms with van der Waals surface area (Å²) < 4.78 is 75.0. The molecule has 4 N–H and O–H groups in total. The smallest absolute Gasteiger partial charge is 0.426 e. The number of hydrogen-bond donors (Lipinski definition) is 3. The minimum absolute atomic E-state index is 0.0544. The number of nitrogens with two attached hydrogens (primary N) is 1. The fourth-order valence-corrected chi connectivity index (χ4v) is 2.30. The molecule has 1 amide bonds. The monoisotopic (exact) mass is 322 g/mol. The maximum atomic E-state index is 12.5. The minimum Gasteiger partial charge on any atom is -0.426 e. The van der Waals surface area contributed by atoms with Gasteiger partial charge in [0, 0.05) is 6.54 Å². The Balaban J connectivity index is 2.99. The van der Waals surface area contributed by atoms with E-state index in [2.05, 4.69) is 0 Å². The van der Waals surface area contributed by atoms with Crippen LogP contribution in [0, 0.1) is 5.92 Å². The van der Waals surface area contributed by atoms with E-state index in [0.717, 1.165) is 0 Å². The summed E-state index contributed by atoms with van der Waals surface area (Å²) in [5, 5.41) is 18.0. The maximum Gasteiger partial charge on any atom is 0.475 e. The van der Waals surface area contributed by atoms with Crippen LogP contribution in [0.1, 0.15) is 12.8 Å². The fraction of sp³-hybridized carbons (Fsp3) is 0.889. The van der Waals surface area contributed by atoms with Gasteiger partial charge in [-0.2, -0.15) is 26.3 Å². The predicted octanol–water partition coefficient (Wildman–Crippen LogP) is 0.0575. The number of rotatable bonds is 3. The predicted molar refractivity (Wildman–Crippen MR) is 58.5 cm³/mol. The molecule has 0 aromatic carbocycles. The molecule has 1 fully saturated rings. The SMILES string of the molecule is N[C@H](C(=O)N1CCC[C@H]1B(O)O)C(C(F)(F)F)C(F)(F)F. The standard InChI is InChI=1S/C9H13BF6N2O3/c11-8(12,13)6(9(14,15)16)5(17)7(19)18-3-1-2-4(18)10(20)21/h4-6,20-21H,1-3,17H2/t4-,5-/m0/s1. The maximum absolute atomic E-state index is 12.5. The Labute approximate surface area is 115 Å². The molecule has 0 bridgehead atoms. The molecule has 0 spiro atoms. The highest BCUT2D eigenvalue weighted by atomic mass is 19.4. The van der Waals surface area contributed by atoms with Crippen LogP contribution in [0.4, 0.5) is 26.3 Å². The Morgan fingerprint density at radius 3 is 2.05 bits per heavy atom. The number of likely N-dealkylation sites (tertiary alicyclic amines) is 1. The molecular formula is C9H13BF6N2O3. The second-order valence-electron chi connectivity index (χ2n) is 4.74. The lowest BCUT2D eigenvalue weighted by molar-refractivity contribution is -0.288. The van der Waals surface area contributed by atoms with E-state index in [4.69, 9.17) is 15.8 Å². The van der Waals surface area contributed by atoms with Crippen LogP contribution in [-0.4, -0.2) is 58.9 Å². The van der Waals surface area contributed by atoms with E-state index >= 15 is 0 Å². The summed E-state index contributed by atoms with van der Waals surface area (Å²) in [6.07, 6.45) is -11.2. The van der Waals surface area contributed by atoms with Gasteiger partial charge < -0.3 is 20.7 Å². The van der Waals surface area contributed by atoms with Crippen molar-refractivity contribution >= 4 is 13.0 Å². The number of amides is 1. The number of halogens is 6. The summed E-state index contributed by atoms with van der Waals surface area (Å²) in [5.41, 5.74) is 4.88. The van der Waals surface area contributed by atoms with Crippen LogP contribution in [0.5, 0.6) is 0 Å². The van der Waals surface area contributed by atoms with Gasteiger partial charge in [0.2, 0.25) is 5.91 Å². The molecule has 2 atom stereocenters. The third-order valence-corrected chi connectivity index (χ3v) is 3.28. The minimum atomic E-state index is -5.74. The van der Waals surface area contributed by atoms with E-state index in [-0.39, 0.29) is 19.4 Å². The van der Waals surface area contributed by atoms with Crippen molar-refractivity contribution < 1.29 is 41.2 Å². The van der Waals surface area contributed by atoms with Gasteiger partial charge in [0.25, 0.3) is 0 Å². The summed E-state index contributed by atoms with van der Waals surface area (Å²) in [6, 6.07) is -2.88. The number of hydrogen-bond acceptors (Lipinski definition) is 4. The Bertz CT molecular complexity index is 375. The van der Waals surface area contributed by atoms with Gasteiger partial charge in [-0.05, 0) is 12.8 Å². The van der Waals surface area contributed by atoms with E-state index in [1.807, 2.05) is 0 Å². The van der Waals surface area contributed by atoms with Crippen LogP contribution >= 0.6 is 0 Å². The van der Waals surface area contributed by atoms with Crippen molar-refractivity contribution in [1.29, 1.82) is 0 Å². The second-order valence-corrected chi connectivity index (χ2v) is 4.74.